The van der Waals surface area contributed by atoms with Crippen LogP contribution in [0.5, 0.6) is 0 Å². The normalized spacial score (nSPS) is 25.0. The summed E-state index contributed by atoms with van der Waals surface area (Å²) in [6.45, 7) is 26.5. The Hall–Kier alpha value is -8.36. The highest BCUT2D eigenvalue weighted by atomic mass is 16.5. The molecule has 8 heteroatoms. The minimum Gasteiger partial charge on any atom is -0.475 e. The highest BCUT2D eigenvalue weighted by molar-refractivity contribution is 6.03. The van der Waals surface area contributed by atoms with Crippen LogP contribution in [0.1, 0.15) is 192 Å². The summed E-state index contributed by atoms with van der Waals surface area (Å²) in [5.74, 6) is 3.11. The summed E-state index contributed by atoms with van der Waals surface area (Å²) in [7, 11) is 0. The van der Waals surface area contributed by atoms with Crippen LogP contribution in [0, 0.1) is 13.8 Å². The van der Waals surface area contributed by atoms with Crippen LogP contribution in [-0.2, 0) is 90.0 Å². The molecule has 478 valence electrons. The highest BCUT2D eigenvalue weighted by Gasteiger charge is 2.61. The molecular weight excluding hydrogens is 1150 g/mol. The Morgan fingerprint density at radius 2 is 0.553 bits per heavy atom. The summed E-state index contributed by atoms with van der Waals surface area (Å²) >= 11 is 0. The Balaban J connectivity index is 0.824. The molecule has 16 rings (SSSR count). The van der Waals surface area contributed by atoms with Gasteiger partial charge in [0.1, 0.15) is 26.4 Å². The zero-order chi connectivity index (χ0) is 64.5. The predicted octanol–water partition coefficient (Wildman–Crippen LogP) is 16.9. The standard InChI is InChI=1S/C86H90N4O4/c1-53-33-65(77-87-61(45-91-77)37-55-23-15-11-16-24-55)73-69(35-53)81(3,4)49-85(73)51-83(7,8)71-43-59(41-67(75(71)85)79-89-63(47-93-79)39-57-27-19-13-20-28-57)31-32-60-42-68(80-90-64(48-94-80)40-58-29-21-14-22-30-58)76-72(44-60)84(9,10)52-86(76)50-82(5,6)70-36-54(2)34-66(74(70)86)78-88-62(46-92-78)38-56-25-17-12-18-26-56/h11-30,33-36,41-44,61-64H,31-32,37-40,45-52H2,1-10H3/t61-,62-,63-,64-,85-,86+/m0/s1. The molecule has 0 fully saturated rings. The third-order valence-electron chi connectivity index (χ3n) is 22.5. The largest absolute Gasteiger partial charge is 0.475 e. The van der Waals surface area contributed by atoms with Crippen LogP contribution in [0.4, 0.5) is 0 Å². The number of aliphatic imine (C=N–C) groups is 4. The van der Waals surface area contributed by atoms with E-state index in [-0.39, 0.29) is 56.7 Å². The number of fused-ring (bicyclic) bond motifs is 8. The topological polar surface area (TPSA) is 86.4 Å². The zero-order valence-electron chi connectivity index (χ0n) is 56.8. The maximum absolute atomic E-state index is 7.01. The Bertz CT molecular complexity index is 4160. The minimum absolute atomic E-state index is 0.00705. The van der Waals surface area contributed by atoms with E-state index in [0.717, 1.165) is 110 Å². The third-order valence-corrected chi connectivity index (χ3v) is 22.5. The molecule has 8 nitrogen and oxygen atoms in total. The summed E-state index contributed by atoms with van der Waals surface area (Å²) in [5, 5.41) is 0. The second-order valence-corrected chi connectivity index (χ2v) is 31.9. The Morgan fingerprint density at radius 3 is 0.819 bits per heavy atom. The average Bonchev–Trinajstić information content (AvgIpc) is 1.52. The first-order chi connectivity index (χ1) is 45.2. The molecule has 4 aliphatic heterocycles. The van der Waals surface area contributed by atoms with Gasteiger partial charge in [0.15, 0.2) is 0 Å². The van der Waals surface area contributed by atoms with Crippen LogP contribution in [0.15, 0.2) is 190 Å². The molecule has 8 aromatic carbocycles. The van der Waals surface area contributed by atoms with Crippen molar-refractivity contribution in [3.8, 4) is 0 Å². The monoisotopic (exact) mass is 1240 g/mol. The van der Waals surface area contributed by atoms with Crippen molar-refractivity contribution in [2.24, 2.45) is 20.0 Å². The summed E-state index contributed by atoms with van der Waals surface area (Å²) in [6, 6.07) is 63.1. The molecule has 8 aromatic rings. The van der Waals surface area contributed by atoms with Gasteiger partial charge in [-0.2, -0.15) is 0 Å². The Labute approximate surface area is 557 Å². The van der Waals surface area contributed by atoms with E-state index < -0.39 is 0 Å². The molecule has 0 aromatic heterocycles. The van der Waals surface area contributed by atoms with Gasteiger partial charge >= 0.3 is 0 Å². The second kappa shape index (κ2) is 22.7. The maximum Gasteiger partial charge on any atom is 0.216 e. The lowest BCUT2D eigenvalue weighted by Gasteiger charge is -2.33. The molecular formula is C86H90N4O4. The number of rotatable bonds is 15. The summed E-state index contributed by atoms with van der Waals surface area (Å²) in [5.41, 5.74) is 24.5. The van der Waals surface area contributed by atoms with E-state index in [9.17, 15) is 0 Å². The van der Waals surface area contributed by atoms with Crippen LogP contribution in [0.25, 0.3) is 0 Å². The van der Waals surface area contributed by atoms with E-state index in [1.807, 2.05) is 0 Å². The van der Waals surface area contributed by atoms with E-state index in [0.29, 0.717) is 26.4 Å². The van der Waals surface area contributed by atoms with Crippen LogP contribution in [0.3, 0.4) is 0 Å². The highest BCUT2D eigenvalue weighted by Crippen LogP contribution is 2.67. The predicted molar refractivity (Wildman–Crippen MR) is 380 cm³/mol. The van der Waals surface area contributed by atoms with Gasteiger partial charge in [0, 0.05) is 33.1 Å². The van der Waals surface area contributed by atoms with Gasteiger partial charge in [-0.05, 0) is 202 Å². The van der Waals surface area contributed by atoms with Crippen molar-refractivity contribution >= 4 is 23.6 Å². The first-order valence-corrected chi connectivity index (χ1v) is 34.9. The number of aryl methyl sites for hydroxylation is 4. The van der Waals surface area contributed by atoms with E-state index in [2.05, 4.69) is 239 Å². The molecule has 0 bridgehead atoms. The van der Waals surface area contributed by atoms with Crippen molar-refractivity contribution in [2.45, 2.75) is 190 Å². The SMILES string of the molecule is Cc1cc(C2=N[C@@H](Cc3ccccc3)CO2)c2c(c1)C(C)(C)C[C@]21CC(C)(C)c2cc(CCc3cc(C4=N[C@@H](Cc5ccccc5)CO4)c4c(c3)C(C)(C)C[C@@]43CC(C)(C)c4cc(C)cc(C5=N[C@@H](Cc6ccccc6)CO5)c43)cc(C3=N[C@@H](Cc4ccccc4)CO3)c21. The number of hydrogen-bond donors (Lipinski definition) is 0. The summed E-state index contributed by atoms with van der Waals surface area (Å²) < 4.78 is 27.6. The lowest BCUT2D eigenvalue weighted by atomic mass is 9.70. The number of benzene rings is 8. The van der Waals surface area contributed by atoms with Gasteiger partial charge in [0.2, 0.25) is 23.6 Å². The quantitative estimate of drug-likeness (QED) is 0.102. The zero-order valence-corrected chi connectivity index (χ0v) is 56.8. The lowest BCUT2D eigenvalue weighted by molar-refractivity contribution is 0.314. The molecule has 8 aliphatic rings. The minimum atomic E-state index is -0.357. The fourth-order valence-electron chi connectivity index (χ4n) is 19.1. The van der Waals surface area contributed by atoms with Crippen molar-refractivity contribution in [1.82, 2.24) is 0 Å². The molecule has 6 atom stereocenters. The van der Waals surface area contributed by atoms with Gasteiger partial charge in [-0.1, -0.05) is 212 Å². The van der Waals surface area contributed by atoms with E-state index in [1.54, 1.807) is 0 Å². The van der Waals surface area contributed by atoms with Crippen molar-refractivity contribution < 1.29 is 18.9 Å². The van der Waals surface area contributed by atoms with Gasteiger partial charge < -0.3 is 18.9 Å². The van der Waals surface area contributed by atoms with Gasteiger partial charge in [-0.15, -0.1) is 0 Å². The fraction of sp³-hybridized carbons (Fsp3) is 0.395. The van der Waals surface area contributed by atoms with E-state index >= 15 is 0 Å². The molecule has 0 saturated carbocycles. The Kier molecular flexibility index (Phi) is 14.6. The summed E-state index contributed by atoms with van der Waals surface area (Å²) in [6.07, 6.45) is 8.83. The van der Waals surface area contributed by atoms with Gasteiger partial charge in [-0.3, -0.25) is 0 Å². The van der Waals surface area contributed by atoms with Crippen LogP contribution in [-0.4, -0.2) is 74.2 Å². The molecule has 0 radical (unpaired) electrons. The Morgan fingerprint density at radius 1 is 0.309 bits per heavy atom. The maximum atomic E-state index is 7.01. The molecule has 0 amide bonds. The van der Waals surface area contributed by atoms with E-state index in [4.69, 9.17) is 38.9 Å². The van der Waals surface area contributed by atoms with Gasteiger partial charge in [0.25, 0.3) is 0 Å². The van der Waals surface area contributed by atoms with Crippen molar-refractivity contribution in [3.05, 3.63) is 281 Å². The first kappa shape index (κ1) is 60.6. The van der Waals surface area contributed by atoms with Crippen LogP contribution < -0.4 is 0 Å². The molecule has 2 spiro atoms. The molecule has 4 heterocycles. The molecule has 0 saturated heterocycles. The average molecular weight is 1240 g/mol. The molecule has 0 unspecified atom stereocenters. The molecule has 4 aliphatic carbocycles. The smallest absolute Gasteiger partial charge is 0.216 e. The van der Waals surface area contributed by atoms with Crippen molar-refractivity contribution in [2.75, 3.05) is 26.4 Å². The van der Waals surface area contributed by atoms with Crippen LogP contribution in [0.2, 0.25) is 0 Å². The molecule has 94 heavy (non-hydrogen) atoms. The van der Waals surface area contributed by atoms with Crippen molar-refractivity contribution in [1.29, 1.82) is 0 Å². The second-order valence-electron chi connectivity index (χ2n) is 31.9. The van der Waals surface area contributed by atoms with Gasteiger partial charge in [0.05, 0.1) is 24.2 Å². The van der Waals surface area contributed by atoms with Crippen LogP contribution >= 0.6 is 0 Å². The number of nitrogens with zero attached hydrogens (tertiary/aromatic N) is 4. The lowest BCUT2D eigenvalue weighted by Crippen LogP contribution is -2.30. The number of hydrogen-bond acceptors (Lipinski definition) is 8. The van der Waals surface area contributed by atoms with Crippen molar-refractivity contribution in [3.63, 3.8) is 0 Å². The first-order valence-electron chi connectivity index (χ1n) is 34.9. The molecule has 0 N–H and O–H groups in total. The fourth-order valence-corrected chi connectivity index (χ4v) is 19.1. The summed E-state index contributed by atoms with van der Waals surface area (Å²) in [4.78, 5) is 22.1. The number of ether oxygens (including phenoxy) is 4. The van der Waals surface area contributed by atoms with Gasteiger partial charge in [-0.25, -0.2) is 20.0 Å². The van der Waals surface area contributed by atoms with E-state index in [1.165, 1.54) is 89.0 Å². The third kappa shape index (κ3) is 10.6.